The van der Waals surface area contributed by atoms with Crippen LogP contribution in [0.5, 0.6) is 0 Å². The number of hydrogen-bond donors (Lipinski definition) is 2. The van der Waals surface area contributed by atoms with Crippen molar-refractivity contribution in [2.75, 3.05) is 6.54 Å². The highest BCUT2D eigenvalue weighted by Crippen LogP contribution is 2.36. The molecule has 14 heavy (non-hydrogen) atoms. The van der Waals surface area contributed by atoms with E-state index < -0.39 is 6.04 Å². The van der Waals surface area contributed by atoms with Gasteiger partial charge >= 0.3 is 0 Å². The predicted octanol–water partition coefficient (Wildman–Crippen LogP) is 1.13. The molecule has 0 heterocycles. The van der Waals surface area contributed by atoms with E-state index in [0.29, 0.717) is 5.92 Å². The van der Waals surface area contributed by atoms with E-state index in [1.165, 1.54) is 6.42 Å². The van der Waals surface area contributed by atoms with Crippen LogP contribution in [0.25, 0.3) is 0 Å². The fourth-order valence-corrected chi connectivity index (χ4v) is 1.42. The molecule has 3 nitrogen and oxygen atoms in total. The zero-order chi connectivity index (χ0) is 10.9. The molecule has 0 aromatic carbocycles. The molecule has 3 heteroatoms. The molecule has 0 aliphatic heterocycles. The molecule has 1 aliphatic carbocycles. The largest absolute Gasteiger partial charge is 0.354 e. The minimum atomic E-state index is -0.406. The predicted molar refractivity (Wildman–Crippen MR) is 57.7 cm³/mol. The number of amides is 1. The highest BCUT2D eigenvalue weighted by Gasteiger charge is 2.34. The van der Waals surface area contributed by atoms with Gasteiger partial charge < -0.3 is 11.1 Å². The van der Waals surface area contributed by atoms with E-state index in [0.717, 1.165) is 12.5 Å². The first-order valence-electron chi connectivity index (χ1n) is 5.35. The van der Waals surface area contributed by atoms with Crippen LogP contribution in [0.15, 0.2) is 0 Å². The van der Waals surface area contributed by atoms with E-state index in [1.54, 1.807) is 0 Å². The fourth-order valence-electron chi connectivity index (χ4n) is 1.42. The first-order valence-corrected chi connectivity index (χ1v) is 5.35. The minimum Gasteiger partial charge on any atom is -0.354 e. The summed E-state index contributed by atoms with van der Waals surface area (Å²) in [5, 5.41) is 2.92. The summed E-state index contributed by atoms with van der Waals surface area (Å²) in [6, 6.07) is -0.406. The van der Waals surface area contributed by atoms with Crippen molar-refractivity contribution in [1.82, 2.24) is 5.32 Å². The molecule has 0 bridgehead atoms. The van der Waals surface area contributed by atoms with Crippen molar-refractivity contribution in [3.05, 3.63) is 0 Å². The van der Waals surface area contributed by atoms with Gasteiger partial charge in [-0.15, -0.1) is 0 Å². The molecule has 0 saturated heterocycles. The van der Waals surface area contributed by atoms with Crippen molar-refractivity contribution in [2.45, 2.75) is 40.2 Å². The monoisotopic (exact) mass is 198 g/mol. The Morgan fingerprint density at radius 1 is 1.57 bits per heavy atom. The fraction of sp³-hybridized carbons (Fsp3) is 0.909. The Morgan fingerprint density at radius 3 is 2.43 bits per heavy atom. The second-order valence-corrected chi connectivity index (χ2v) is 5.56. The minimum absolute atomic E-state index is 0.0170. The van der Waals surface area contributed by atoms with Gasteiger partial charge in [0.2, 0.25) is 5.91 Å². The average Bonchev–Trinajstić information content (AvgIpc) is 2.75. The summed E-state index contributed by atoms with van der Waals surface area (Å²) < 4.78 is 0. The van der Waals surface area contributed by atoms with Gasteiger partial charge in [0.15, 0.2) is 0 Å². The second kappa shape index (κ2) is 3.89. The van der Waals surface area contributed by atoms with Crippen molar-refractivity contribution in [2.24, 2.45) is 23.0 Å². The maximum Gasteiger partial charge on any atom is 0.237 e. The molecule has 0 aromatic heterocycles. The normalized spacial score (nSPS) is 28.4. The third kappa shape index (κ3) is 2.98. The van der Waals surface area contributed by atoms with E-state index >= 15 is 0 Å². The van der Waals surface area contributed by atoms with Crippen LogP contribution in [0.1, 0.15) is 34.1 Å². The zero-order valence-electron chi connectivity index (χ0n) is 9.63. The van der Waals surface area contributed by atoms with Crippen LogP contribution in [0.4, 0.5) is 0 Å². The van der Waals surface area contributed by atoms with Gasteiger partial charge in [0.05, 0.1) is 6.04 Å². The van der Waals surface area contributed by atoms with Gasteiger partial charge in [0.1, 0.15) is 0 Å². The lowest BCUT2D eigenvalue weighted by atomic mass is 9.87. The third-order valence-electron chi connectivity index (χ3n) is 3.03. The Labute approximate surface area is 86.4 Å². The molecule has 0 radical (unpaired) electrons. The summed E-state index contributed by atoms with van der Waals surface area (Å²) >= 11 is 0. The number of nitrogens with two attached hydrogens (primary N) is 1. The van der Waals surface area contributed by atoms with Gasteiger partial charge in [0.25, 0.3) is 0 Å². The molecule has 0 aromatic rings. The summed E-state index contributed by atoms with van der Waals surface area (Å²) in [4.78, 5) is 11.6. The molecule has 0 spiro atoms. The summed E-state index contributed by atoms with van der Waals surface area (Å²) in [6.07, 6.45) is 1.24. The maximum atomic E-state index is 11.6. The van der Waals surface area contributed by atoms with Crippen molar-refractivity contribution in [3.8, 4) is 0 Å². The second-order valence-electron chi connectivity index (χ2n) is 5.56. The van der Waals surface area contributed by atoms with Crippen molar-refractivity contribution in [3.63, 3.8) is 0 Å². The summed E-state index contributed by atoms with van der Waals surface area (Å²) in [5.41, 5.74) is 5.67. The van der Waals surface area contributed by atoms with Crippen LogP contribution in [0.2, 0.25) is 0 Å². The molecule has 1 fully saturated rings. The summed E-state index contributed by atoms with van der Waals surface area (Å²) in [7, 11) is 0. The van der Waals surface area contributed by atoms with Gasteiger partial charge in [0, 0.05) is 6.54 Å². The maximum absolute atomic E-state index is 11.6. The van der Waals surface area contributed by atoms with E-state index in [2.05, 4.69) is 12.2 Å². The average molecular weight is 198 g/mol. The summed E-state index contributed by atoms with van der Waals surface area (Å²) in [6.45, 7) is 8.95. The lowest BCUT2D eigenvalue weighted by Crippen LogP contribution is -2.49. The molecule has 1 saturated carbocycles. The Hall–Kier alpha value is -0.570. The van der Waals surface area contributed by atoms with E-state index in [-0.39, 0.29) is 11.3 Å². The van der Waals surface area contributed by atoms with Gasteiger partial charge in [-0.1, -0.05) is 27.7 Å². The lowest BCUT2D eigenvalue weighted by molar-refractivity contribution is -0.124. The number of carbonyl (C=O) groups is 1. The topological polar surface area (TPSA) is 55.1 Å². The van der Waals surface area contributed by atoms with Crippen molar-refractivity contribution < 1.29 is 4.79 Å². The molecule has 1 rings (SSSR count). The number of rotatable bonds is 3. The Morgan fingerprint density at radius 2 is 2.07 bits per heavy atom. The first kappa shape index (κ1) is 11.5. The van der Waals surface area contributed by atoms with Gasteiger partial charge in [-0.25, -0.2) is 0 Å². The Bertz CT molecular complexity index is 220. The quantitative estimate of drug-likeness (QED) is 0.714. The van der Waals surface area contributed by atoms with Crippen LogP contribution in [-0.4, -0.2) is 18.5 Å². The molecule has 1 aliphatic rings. The van der Waals surface area contributed by atoms with E-state index in [9.17, 15) is 4.79 Å². The van der Waals surface area contributed by atoms with E-state index in [1.807, 2.05) is 20.8 Å². The number of nitrogens with one attached hydrogen (secondary N) is 1. The molecular formula is C11H22N2O. The van der Waals surface area contributed by atoms with Crippen LogP contribution in [0, 0.1) is 17.3 Å². The highest BCUT2D eigenvalue weighted by atomic mass is 16.2. The molecule has 3 atom stereocenters. The van der Waals surface area contributed by atoms with Crippen LogP contribution < -0.4 is 11.1 Å². The molecule has 3 N–H and O–H groups in total. The molecule has 2 unspecified atom stereocenters. The van der Waals surface area contributed by atoms with E-state index in [4.69, 9.17) is 5.73 Å². The molecular weight excluding hydrogens is 176 g/mol. The Kier molecular flexibility index (Phi) is 3.20. The van der Waals surface area contributed by atoms with Crippen LogP contribution in [-0.2, 0) is 4.79 Å². The SMILES string of the molecule is CC1CC1CNC(=O)[C@@H](N)C(C)(C)C. The smallest absolute Gasteiger partial charge is 0.237 e. The Balaban J connectivity index is 2.27. The molecule has 1 amide bonds. The number of hydrogen-bond acceptors (Lipinski definition) is 2. The van der Waals surface area contributed by atoms with Gasteiger partial charge in [-0.05, 0) is 23.7 Å². The van der Waals surface area contributed by atoms with Gasteiger partial charge in [-0.2, -0.15) is 0 Å². The van der Waals surface area contributed by atoms with Crippen LogP contribution >= 0.6 is 0 Å². The van der Waals surface area contributed by atoms with Crippen LogP contribution in [0.3, 0.4) is 0 Å². The highest BCUT2D eigenvalue weighted by molar-refractivity contribution is 5.82. The standard InChI is InChI=1S/C11H22N2O/c1-7-5-8(7)6-13-10(14)9(12)11(2,3)4/h7-9H,5-6,12H2,1-4H3,(H,13,14)/t7?,8?,9-/m1/s1. The summed E-state index contributed by atoms with van der Waals surface area (Å²) in [5.74, 6) is 1.45. The zero-order valence-corrected chi connectivity index (χ0v) is 9.63. The lowest BCUT2D eigenvalue weighted by Gasteiger charge is -2.25. The first-order chi connectivity index (χ1) is 6.32. The van der Waals surface area contributed by atoms with Crippen molar-refractivity contribution >= 4 is 5.91 Å². The third-order valence-corrected chi connectivity index (χ3v) is 3.03. The van der Waals surface area contributed by atoms with Crippen molar-refractivity contribution in [1.29, 1.82) is 0 Å². The number of carbonyl (C=O) groups excluding carboxylic acids is 1. The molecule has 82 valence electrons. The van der Waals surface area contributed by atoms with Gasteiger partial charge in [-0.3, -0.25) is 4.79 Å².